The lowest BCUT2D eigenvalue weighted by Gasteiger charge is -2.56. The number of nitrogens with zero attached hydrogens (tertiary/aromatic N) is 3. The van der Waals surface area contributed by atoms with Crippen LogP contribution >= 0.6 is 12.6 Å². The molecule has 3 aliphatic heterocycles. The first-order valence-electron chi connectivity index (χ1n) is 10.5. The van der Waals surface area contributed by atoms with Crippen molar-refractivity contribution in [2.24, 2.45) is 0 Å². The maximum atomic E-state index is 4.33. The van der Waals surface area contributed by atoms with Crippen LogP contribution < -0.4 is 5.32 Å². The van der Waals surface area contributed by atoms with Crippen molar-refractivity contribution in [2.75, 3.05) is 45.8 Å². The fraction of sp³-hybridized carbons (Fsp3) is 0.714. The van der Waals surface area contributed by atoms with E-state index in [1.165, 1.54) is 82.5 Å². The lowest BCUT2D eigenvalue weighted by molar-refractivity contribution is -0.115. The summed E-state index contributed by atoms with van der Waals surface area (Å²) in [4.78, 5) is 8.15. The molecule has 26 heavy (non-hydrogen) atoms. The molecule has 3 fully saturated rings. The fourth-order valence-corrected chi connectivity index (χ4v) is 5.13. The van der Waals surface area contributed by atoms with Gasteiger partial charge in [-0.25, -0.2) is 0 Å². The molecule has 0 bridgehead atoms. The van der Waals surface area contributed by atoms with E-state index < -0.39 is 0 Å². The summed E-state index contributed by atoms with van der Waals surface area (Å²) in [6.07, 6.45) is 7.67. The quantitative estimate of drug-likeness (QED) is 0.565. The van der Waals surface area contributed by atoms with Gasteiger partial charge in [0, 0.05) is 45.0 Å². The maximum Gasteiger partial charge on any atom is 0.0920 e. The van der Waals surface area contributed by atoms with Crippen molar-refractivity contribution in [3.63, 3.8) is 0 Å². The highest BCUT2D eigenvalue weighted by Gasteiger charge is 2.43. The summed E-state index contributed by atoms with van der Waals surface area (Å²) in [6.45, 7) is 8.67. The minimum atomic E-state index is 0.548. The third kappa shape index (κ3) is 4.28. The number of aryl methyl sites for hydroxylation is 1. The minimum Gasteiger partial charge on any atom is -0.298 e. The molecule has 0 amide bonds. The molecule has 2 unspecified atom stereocenters. The number of unbranched alkanes of at least 4 members (excludes halogenated alkanes) is 2. The molecule has 3 saturated heterocycles. The van der Waals surface area contributed by atoms with Gasteiger partial charge in [-0.1, -0.05) is 30.7 Å². The number of hydrogen-bond acceptors (Lipinski definition) is 5. The van der Waals surface area contributed by atoms with Crippen LogP contribution in [0, 0.1) is 0 Å². The molecular formula is C21H34N4S. The Balaban J connectivity index is 1.21. The molecule has 0 aliphatic carbocycles. The second kappa shape index (κ2) is 9.07. The SMILES string of the molecule is SCc1ccc(CCCCCN2CCN3CCCN4CCNC2C43)cc1. The molecule has 4 nitrogen and oxygen atoms in total. The topological polar surface area (TPSA) is 21.8 Å². The van der Waals surface area contributed by atoms with E-state index in [2.05, 4.69) is 56.9 Å². The van der Waals surface area contributed by atoms with Gasteiger partial charge in [-0.2, -0.15) is 12.6 Å². The van der Waals surface area contributed by atoms with Crippen LogP contribution in [0.2, 0.25) is 0 Å². The van der Waals surface area contributed by atoms with Gasteiger partial charge >= 0.3 is 0 Å². The third-order valence-electron chi connectivity index (χ3n) is 6.36. The summed E-state index contributed by atoms with van der Waals surface area (Å²) in [5.41, 5.74) is 2.78. The Kier molecular flexibility index (Phi) is 6.54. The van der Waals surface area contributed by atoms with E-state index in [9.17, 15) is 0 Å². The van der Waals surface area contributed by atoms with Crippen LogP contribution in [0.5, 0.6) is 0 Å². The Labute approximate surface area is 164 Å². The smallest absolute Gasteiger partial charge is 0.0920 e. The summed E-state index contributed by atoms with van der Waals surface area (Å²) in [5.74, 6) is 0.834. The number of rotatable bonds is 7. The zero-order chi connectivity index (χ0) is 17.8. The number of hydrogen-bond donors (Lipinski definition) is 2. The van der Waals surface area contributed by atoms with Crippen LogP contribution in [-0.2, 0) is 12.2 Å². The molecule has 1 N–H and O–H groups in total. The Morgan fingerprint density at radius 1 is 0.885 bits per heavy atom. The van der Waals surface area contributed by atoms with Gasteiger partial charge in [-0.15, -0.1) is 0 Å². The van der Waals surface area contributed by atoms with Crippen molar-refractivity contribution in [2.45, 2.75) is 50.2 Å². The Hall–Kier alpha value is -0.590. The summed E-state index contributed by atoms with van der Waals surface area (Å²) in [5, 5.41) is 3.81. The highest BCUT2D eigenvalue weighted by Crippen LogP contribution is 2.25. The first-order valence-corrected chi connectivity index (χ1v) is 11.1. The van der Waals surface area contributed by atoms with Crippen LogP contribution in [0.3, 0.4) is 0 Å². The largest absolute Gasteiger partial charge is 0.298 e. The van der Waals surface area contributed by atoms with E-state index in [-0.39, 0.29) is 0 Å². The molecule has 2 atom stereocenters. The normalized spacial score (nSPS) is 27.4. The van der Waals surface area contributed by atoms with Crippen molar-refractivity contribution in [3.05, 3.63) is 35.4 Å². The Morgan fingerprint density at radius 3 is 2.46 bits per heavy atom. The number of nitrogens with one attached hydrogen (secondary N) is 1. The molecule has 4 rings (SSSR count). The van der Waals surface area contributed by atoms with E-state index >= 15 is 0 Å². The molecule has 3 heterocycles. The number of benzene rings is 1. The molecule has 3 aliphatic rings. The highest BCUT2D eigenvalue weighted by molar-refractivity contribution is 7.79. The standard InChI is InChI=1S/C21H34N4S/c26-17-19-8-6-18(7-9-19)5-2-1-3-11-23-15-16-25-13-4-12-24-14-10-22-20(23)21(24)25/h6-9,20-22,26H,1-5,10-17H2. The van der Waals surface area contributed by atoms with Crippen molar-refractivity contribution in [3.8, 4) is 0 Å². The summed E-state index contributed by atoms with van der Waals surface area (Å²) >= 11 is 4.33. The van der Waals surface area contributed by atoms with E-state index in [1.54, 1.807) is 0 Å². The molecule has 0 saturated carbocycles. The third-order valence-corrected chi connectivity index (χ3v) is 6.72. The number of thiol groups is 1. The molecule has 5 heteroatoms. The van der Waals surface area contributed by atoms with Crippen LogP contribution in [0.1, 0.15) is 36.8 Å². The van der Waals surface area contributed by atoms with E-state index in [0.29, 0.717) is 12.3 Å². The van der Waals surface area contributed by atoms with Crippen molar-refractivity contribution >= 4 is 12.6 Å². The molecule has 0 spiro atoms. The zero-order valence-electron chi connectivity index (χ0n) is 15.9. The number of piperazine rings is 2. The maximum absolute atomic E-state index is 4.33. The highest BCUT2D eigenvalue weighted by atomic mass is 32.1. The van der Waals surface area contributed by atoms with Gasteiger partial charge in [0.15, 0.2) is 0 Å². The van der Waals surface area contributed by atoms with Gasteiger partial charge in [0.1, 0.15) is 0 Å². The summed E-state index contributed by atoms with van der Waals surface area (Å²) in [7, 11) is 0. The van der Waals surface area contributed by atoms with E-state index in [1.807, 2.05) is 0 Å². The van der Waals surface area contributed by atoms with Crippen molar-refractivity contribution < 1.29 is 0 Å². The van der Waals surface area contributed by atoms with E-state index in [0.717, 1.165) is 12.3 Å². The first-order chi connectivity index (χ1) is 12.8. The van der Waals surface area contributed by atoms with Gasteiger partial charge < -0.3 is 0 Å². The molecule has 0 radical (unpaired) electrons. The van der Waals surface area contributed by atoms with Gasteiger partial charge in [-0.3, -0.25) is 20.0 Å². The molecule has 1 aromatic rings. The molecular weight excluding hydrogens is 340 g/mol. The average Bonchev–Trinajstić information content (AvgIpc) is 2.70. The molecule has 144 valence electrons. The minimum absolute atomic E-state index is 0.548. The van der Waals surface area contributed by atoms with Crippen LogP contribution in [0.25, 0.3) is 0 Å². The molecule has 0 aromatic heterocycles. The van der Waals surface area contributed by atoms with Gasteiger partial charge in [0.05, 0.1) is 12.3 Å². The van der Waals surface area contributed by atoms with Crippen molar-refractivity contribution in [1.82, 2.24) is 20.0 Å². The Bertz CT molecular complexity index is 555. The summed E-state index contributed by atoms with van der Waals surface area (Å²) < 4.78 is 0. The first kappa shape index (κ1) is 18.8. The lowest BCUT2D eigenvalue weighted by atomic mass is 10.0. The monoisotopic (exact) mass is 374 g/mol. The fourth-order valence-electron chi connectivity index (χ4n) is 4.92. The second-order valence-electron chi connectivity index (χ2n) is 8.06. The van der Waals surface area contributed by atoms with Crippen molar-refractivity contribution in [1.29, 1.82) is 0 Å². The van der Waals surface area contributed by atoms with Gasteiger partial charge in [0.25, 0.3) is 0 Å². The summed E-state index contributed by atoms with van der Waals surface area (Å²) in [6, 6.07) is 8.97. The average molecular weight is 375 g/mol. The van der Waals surface area contributed by atoms with Gasteiger partial charge in [-0.05, 0) is 43.4 Å². The predicted molar refractivity (Wildman–Crippen MR) is 112 cm³/mol. The lowest BCUT2D eigenvalue weighted by Crippen LogP contribution is -2.75. The van der Waals surface area contributed by atoms with Crippen LogP contribution in [0.4, 0.5) is 0 Å². The Morgan fingerprint density at radius 2 is 1.65 bits per heavy atom. The van der Waals surface area contributed by atoms with Gasteiger partial charge in [0.2, 0.25) is 0 Å². The molecule has 1 aromatic carbocycles. The van der Waals surface area contributed by atoms with Crippen LogP contribution in [0.15, 0.2) is 24.3 Å². The second-order valence-corrected chi connectivity index (χ2v) is 8.38. The van der Waals surface area contributed by atoms with E-state index in [4.69, 9.17) is 0 Å². The zero-order valence-corrected chi connectivity index (χ0v) is 16.8. The predicted octanol–water partition coefficient (Wildman–Crippen LogP) is 2.41. The van der Waals surface area contributed by atoms with Crippen LogP contribution in [-0.4, -0.2) is 72.8 Å².